The van der Waals surface area contributed by atoms with Gasteiger partial charge in [0.1, 0.15) is 5.75 Å². The number of hydrogen-bond donors (Lipinski definition) is 2. The Morgan fingerprint density at radius 1 is 0.889 bits per heavy atom. The molecule has 1 atom stereocenters. The SMILES string of the molecule is COc1ccc(CNC(=S)N[C@H](c2ccccc2)c2ccc(C)cc2)cc1. The van der Waals surface area contributed by atoms with Crippen LogP contribution in [-0.2, 0) is 6.54 Å². The molecule has 0 radical (unpaired) electrons. The quantitative estimate of drug-likeness (QED) is 0.608. The fraction of sp³-hybridized carbons (Fsp3) is 0.174. The third-order valence-corrected chi connectivity index (χ3v) is 4.69. The third-order valence-electron chi connectivity index (χ3n) is 4.43. The van der Waals surface area contributed by atoms with Crippen LogP contribution in [0.1, 0.15) is 28.3 Å². The second-order valence-electron chi connectivity index (χ2n) is 6.43. The summed E-state index contributed by atoms with van der Waals surface area (Å²) in [6.07, 6.45) is 0. The Balaban J connectivity index is 1.69. The van der Waals surface area contributed by atoms with E-state index in [-0.39, 0.29) is 6.04 Å². The van der Waals surface area contributed by atoms with E-state index in [2.05, 4.69) is 54.0 Å². The minimum atomic E-state index is 0.00247. The summed E-state index contributed by atoms with van der Waals surface area (Å²) in [5.74, 6) is 0.850. The molecule has 3 nitrogen and oxygen atoms in total. The van der Waals surface area contributed by atoms with Gasteiger partial charge in [-0.1, -0.05) is 72.3 Å². The van der Waals surface area contributed by atoms with Crippen molar-refractivity contribution in [1.29, 1.82) is 0 Å². The van der Waals surface area contributed by atoms with Gasteiger partial charge in [0, 0.05) is 6.54 Å². The van der Waals surface area contributed by atoms with E-state index in [1.165, 1.54) is 16.7 Å². The molecule has 0 heterocycles. The molecule has 0 aliphatic heterocycles. The van der Waals surface area contributed by atoms with Crippen LogP contribution in [0.5, 0.6) is 5.75 Å². The molecule has 4 heteroatoms. The largest absolute Gasteiger partial charge is 0.497 e. The van der Waals surface area contributed by atoms with Gasteiger partial charge in [0.2, 0.25) is 0 Å². The van der Waals surface area contributed by atoms with E-state index in [4.69, 9.17) is 17.0 Å². The Morgan fingerprint density at radius 2 is 1.52 bits per heavy atom. The number of nitrogens with one attached hydrogen (secondary N) is 2. The molecule has 0 aliphatic carbocycles. The van der Waals surface area contributed by atoms with Gasteiger partial charge in [-0.05, 0) is 48.0 Å². The zero-order valence-electron chi connectivity index (χ0n) is 15.6. The highest BCUT2D eigenvalue weighted by Gasteiger charge is 2.14. The first kappa shape index (κ1) is 18.9. The smallest absolute Gasteiger partial charge is 0.167 e. The average molecular weight is 377 g/mol. The van der Waals surface area contributed by atoms with Gasteiger partial charge < -0.3 is 15.4 Å². The van der Waals surface area contributed by atoms with E-state index in [0.29, 0.717) is 11.7 Å². The number of hydrogen-bond acceptors (Lipinski definition) is 2. The van der Waals surface area contributed by atoms with Crippen LogP contribution in [0.3, 0.4) is 0 Å². The molecule has 0 aromatic heterocycles. The first-order valence-electron chi connectivity index (χ1n) is 8.94. The van der Waals surface area contributed by atoms with Crippen molar-refractivity contribution in [2.45, 2.75) is 19.5 Å². The maximum absolute atomic E-state index is 5.56. The van der Waals surface area contributed by atoms with E-state index >= 15 is 0 Å². The van der Waals surface area contributed by atoms with Gasteiger partial charge in [0.05, 0.1) is 13.2 Å². The summed E-state index contributed by atoms with van der Waals surface area (Å²) in [5.41, 5.74) is 4.74. The van der Waals surface area contributed by atoms with Crippen LogP contribution < -0.4 is 15.4 Å². The molecule has 0 spiro atoms. The van der Waals surface area contributed by atoms with E-state index in [1.807, 2.05) is 42.5 Å². The summed E-state index contributed by atoms with van der Waals surface area (Å²) >= 11 is 5.56. The highest BCUT2D eigenvalue weighted by atomic mass is 32.1. The number of thiocarbonyl (C=S) groups is 1. The molecule has 3 rings (SSSR count). The van der Waals surface area contributed by atoms with Gasteiger partial charge in [-0.15, -0.1) is 0 Å². The lowest BCUT2D eigenvalue weighted by molar-refractivity contribution is 0.414. The minimum Gasteiger partial charge on any atom is -0.497 e. The summed E-state index contributed by atoms with van der Waals surface area (Å²) < 4.78 is 5.20. The van der Waals surface area contributed by atoms with Crippen molar-refractivity contribution in [3.05, 3.63) is 101 Å². The van der Waals surface area contributed by atoms with Gasteiger partial charge in [0.15, 0.2) is 5.11 Å². The average Bonchev–Trinajstić information content (AvgIpc) is 2.72. The zero-order chi connectivity index (χ0) is 19.1. The van der Waals surface area contributed by atoms with Crippen molar-refractivity contribution < 1.29 is 4.74 Å². The van der Waals surface area contributed by atoms with Crippen molar-refractivity contribution in [3.8, 4) is 5.75 Å². The van der Waals surface area contributed by atoms with E-state index in [1.54, 1.807) is 7.11 Å². The monoisotopic (exact) mass is 376 g/mol. The molecule has 2 N–H and O–H groups in total. The second-order valence-corrected chi connectivity index (χ2v) is 6.84. The van der Waals surface area contributed by atoms with Gasteiger partial charge in [-0.3, -0.25) is 0 Å². The molecule has 0 aliphatic rings. The normalized spacial score (nSPS) is 11.5. The topological polar surface area (TPSA) is 33.3 Å². The van der Waals surface area contributed by atoms with Crippen molar-refractivity contribution in [2.24, 2.45) is 0 Å². The minimum absolute atomic E-state index is 0.00247. The van der Waals surface area contributed by atoms with Crippen LogP contribution in [0.15, 0.2) is 78.9 Å². The molecule has 3 aromatic rings. The molecular formula is C23H24N2OS. The Hall–Kier alpha value is -2.85. The number of benzene rings is 3. The Labute approximate surface area is 166 Å². The van der Waals surface area contributed by atoms with Crippen LogP contribution in [-0.4, -0.2) is 12.2 Å². The first-order valence-corrected chi connectivity index (χ1v) is 9.35. The van der Waals surface area contributed by atoms with Crippen molar-refractivity contribution in [2.75, 3.05) is 7.11 Å². The van der Waals surface area contributed by atoms with Crippen LogP contribution in [0.25, 0.3) is 0 Å². The number of ether oxygens (including phenoxy) is 1. The fourth-order valence-electron chi connectivity index (χ4n) is 2.87. The van der Waals surface area contributed by atoms with Crippen LogP contribution in [0.2, 0.25) is 0 Å². The lowest BCUT2D eigenvalue weighted by atomic mass is 9.98. The fourth-order valence-corrected chi connectivity index (χ4v) is 3.06. The van der Waals surface area contributed by atoms with E-state index < -0.39 is 0 Å². The summed E-state index contributed by atoms with van der Waals surface area (Å²) in [7, 11) is 1.67. The van der Waals surface area contributed by atoms with Crippen LogP contribution in [0, 0.1) is 6.92 Å². The molecule has 0 saturated heterocycles. The maximum atomic E-state index is 5.56. The predicted molar refractivity (Wildman–Crippen MR) is 115 cm³/mol. The molecule has 0 saturated carbocycles. The number of rotatable bonds is 6. The zero-order valence-corrected chi connectivity index (χ0v) is 16.4. The lowest BCUT2D eigenvalue weighted by Gasteiger charge is -2.22. The van der Waals surface area contributed by atoms with E-state index in [0.717, 1.165) is 11.3 Å². The number of aryl methyl sites for hydroxylation is 1. The highest BCUT2D eigenvalue weighted by Crippen LogP contribution is 2.22. The second kappa shape index (κ2) is 9.19. The lowest BCUT2D eigenvalue weighted by Crippen LogP contribution is -2.37. The maximum Gasteiger partial charge on any atom is 0.167 e. The Bertz CT molecular complexity index is 861. The van der Waals surface area contributed by atoms with Gasteiger partial charge in [-0.2, -0.15) is 0 Å². The molecule has 0 amide bonds. The molecule has 0 bridgehead atoms. The predicted octanol–water partition coefficient (Wildman–Crippen LogP) is 4.76. The van der Waals surface area contributed by atoms with Gasteiger partial charge in [-0.25, -0.2) is 0 Å². The Kier molecular flexibility index (Phi) is 6.44. The van der Waals surface area contributed by atoms with E-state index in [9.17, 15) is 0 Å². The molecule has 0 unspecified atom stereocenters. The molecule has 138 valence electrons. The molecule has 27 heavy (non-hydrogen) atoms. The van der Waals surface area contributed by atoms with Crippen molar-refractivity contribution in [3.63, 3.8) is 0 Å². The van der Waals surface area contributed by atoms with Gasteiger partial charge >= 0.3 is 0 Å². The third kappa shape index (κ3) is 5.31. The molecule has 0 fully saturated rings. The summed E-state index contributed by atoms with van der Waals surface area (Å²) in [6, 6.07) is 26.9. The summed E-state index contributed by atoms with van der Waals surface area (Å²) in [5, 5.41) is 7.38. The summed E-state index contributed by atoms with van der Waals surface area (Å²) in [6.45, 7) is 2.75. The van der Waals surface area contributed by atoms with Crippen LogP contribution >= 0.6 is 12.2 Å². The van der Waals surface area contributed by atoms with Crippen molar-refractivity contribution >= 4 is 17.3 Å². The Morgan fingerprint density at radius 3 is 2.15 bits per heavy atom. The number of methoxy groups -OCH3 is 1. The van der Waals surface area contributed by atoms with Crippen molar-refractivity contribution in [1.82, 2.24) is 10.6 Å². The molecule has 3 aromatic carbocycles. The first-order chi connectivity index (χ1) is 13.2. The van der Waals surface area contributed by atoms with Gasteiger partial charge in [0.25, 0.3) is 0 Å². The van der Waals surface area contributed by atoms with Crippen LogP contribution in [0.4, 0.5) is 0 Å². The standard InChI is InChI=1S/C23H24N2OS/c1-17-8-12-20(13-9-17)22(19-6-4-3-5-7-19)25-23(27)24-16-18-10-14-21(26-2)15-11-18/h3-15,22H,16H2,1-2H3,(H2,24,25,27)/t22-/m1/s1. The molecular weight excluding hydrogens is 352 g/mol. The summed E-state index contributed by atoms with van der Waals surface area (Å²) in [4.78, 5) is 0. The highest BCUT2D eigenvalue weighted by molar-refractivity contribution is 7.80.